The molecule has 2 aromatic heterocycles. The van der Waals surface area contributed by atoms with Crippen LogP contribution in [0.1, 0.15) is 5.56 Å². The maximum absolute atomic E-state index is 6.03. The quantitative estimate of drug-likeness (QED) is 0.761. The smallest absolute Gasteiger partial charge is 0.127 e. The summed E-state index contributed by atoms with van der Waals surface area (Å²) >= 11 is 1.68. The third kappa shape index (κ3) is 1.80. The lowest BCUT2D eigenvalue weighted by Crippen LogP contribution is -2.01. The van der Waals surface area contributed by atoms with E-state index in [1.807, 2.05) is 36.4 Å². The van der Waals surface area contributed by atoms with Gasteiger partial charge >= 0.3 is 0 Å². The van der Waals surface area contributed by atoms with Crippen LogP contribution in [0.15, 0.2) is 47.2 Å². The minimum Gasteiger partial charge on any atom is -0.384 e. The molecule has 0 spiro atoms. The molecular formula is C14H13N3S. The summed E-state index contributed by atoms with van der Waals surface area (Å²) in [5.74, 6) is 0.654. The molecule has 4 heteroatoms. The minimum absolute atomic E-state index is 0.654. The number of para-hydroxylation sites is 1. The predicted molar refractivity (Wildman–Crippen MR) is 76.0 cm³/mol. The minimum atomic E-state index is 0.654. The van der Waals surface area contributed by atoms with Gasteiger partial charge in [0, 0.05) is 17.0 Å². The Labute approximate surface area is 109 Å². The maximum Gasteiger partial charge on any atom is 0.127 e. The van der Waals surface area contributed by atoms with Gasteiger partial charge in [0.25, 0.3) is 0 Å². The fourth-order valence-corrected chi connectivity index (χ4v) is 2.77. The van der Waals surface area contributed by atoms with Gasteiger partial charge in [-0.15, -0.1) is 0 Å². The van der Waals surface area contributed by atoms with Gasteiger partial charge in [0.2, 0.25) is 0 Å². The topological polar surface area (TPSA) is 43.8 Å². The molecule has 0 aliphatic carbocycles. The van der Waals surface area contributed by atoms with E-state index in [0.29, 0.717) is 5.82 Å². The summed E-state index contributed by atoms with van der Waals surface area (Å²) in [6.45, 7) is 2.09. The van der Waals surface area contributed by atoms with E-state index < -0.39 is 0 Å². The molecule has 3 rings (SSSR count). The van der Waals surface area contributed by atoms with Crippen LogP contribution >= 0.6 is 11.3 Å². The lowest BCUT2D eigenvalue weighted by Gasteiger charge is -2.02. The highest BCUT2D eigenvalue weighted by molar-refractivity contribution is 7.08. The van der Waals surface area contributed by atoms with Crippen LogP contribution in [0.2, 0.25) is 0 Å². The second kappa shape index (κ2) is 4.31. The van der Waals surface area contributed by atoms with Crippen LogP contribution in [0, 0.1) is 6.92 Å². The largest absolute Gasteiger partial charge is 0.384 e. The van der Waals surface area contributed by atoms with Gasteiger partial charge in [-0.05, 0) is 30.0 Å². The zero-order valence-corrected chi connectivity index (χ0v) is 10.8. The van der Waals surface area contributed by atoms with Crippen molar-refractivity contribution in [2.45, 2.75) is 6.92 Å². The third-order valence-corrected chi connectivity index (χ3v) is 3.73. The monoisotopic (exact) mass is 255 g/mol. The van der Waals surface area contributed by atoms with Gasteiger partial charge in [0.1, 0.15) is 5.82 Å². The van der Waals surface area contributed by atoms with Crippen LogP contribution in [0.5, 0.6) is 0 Å². The Hall–Kier alpha value is -2.07. The normalized spacial score (nSPS) is 10.7. The molecule has 2 heterocycles. The van der Waals surface area contributed by atoms with Crippen molar-refractivity contribution in [2.75, 3.05) is 5.73 Å². The summed E-state index contributed by atoms with van der Waals surface area (Å²) in [5.41, 5.74) is 10.3. The molecule has 3 nitrogen and oxygen atoms in total. The zero-order chi connectivity index (χ0) is 12.5. The first-order valence-electron chi connectivity index (χ1n) is 5.70. The summed E-state index contributed by atoms with van der Waals surface area (Å²) < 4.78 is 1.77. The van der Waals surface area contributed by atoms with Crippen LogP contribution in [0.25, 0.3) is 16.9 Å². The van der Waals surface area contributed by atoms with Crippen molar-refractivity contribution in [1.82, 2.24) is 9.78 Å². The average Bonchev–Trinajstić information content (AvgIpc) is 2.96. The van der Waals surface area contributed by atoms with Crippen LogP contribution in [-0.4, -0.2) is 9.78 Å². The molecule has 1 aromatic carbocycles. The average molecular weight is 255 g/mol. The van der Waals surface area contributed by atoms with E-state index in [1.165, 1.54) is 5.56 Å². The summed E-state index contributed by atoms with van der Waals surface area (Å²) in [6, 6.07) is 11.8. The van der Waals surface area contributed by atoms with Gasteiger partial charge in [0.15, 0.2) is 0 Å². The molecule has 0 saturated carbocycles. The second-order valence-corrected chi connectivity index (χ2v) is 4.91. The van der Waals surface area contributed by atoms with Crippen molar-refractivity contribution in [1.29, 1.82) is 0 Å². The lowest BCUT2D eigenvalue weighted by molar-refractivity contribution is 0.895. The number of hydrogen-bond acceptors (Lipinski definition) is 3. The van der Waals surface area contributed by atoms with Gasteiger partial charge < -0.3 is 5.73 Å². The number of thiophene rings is 1. The van der Waals surface area contributed by atoms with E-state index in [4.69, 9.17) is 5.73 Å². The number of anilines is 1. The second-order valence-electron chi connectivity index (χ2n) is 4.17. The molecule has 18 heavy (non-hydrogen) atoms. The fraction of sp³-hybridized carbons (Fsp3) is 0.0714. The van der Waals surface area contributed by atoms with Crippen molar-refractivity contribution in [3.63, 3.8) is 0 Å². The highest BCUT2D eigenvalue weighted by Crippen LogP contribution is 2.28. The standard InChI is InChI=1S/C14H13N3S/c1-10-8-18-9-12(10)13-7-14(15)17(16-13)11-5-3-2-4-6-11/h2-9H,15H2,1H3. The molecule has 0 radical (unpaired) electrons. The molecule has 90 valence electrons. The molecule has 0 unspecified atom stereocenters. The number of rotatable bonds is 2. The van der Waals surface area contributed by atoms with E-state index in [9.17, 15) is 0 Å². The number of benzene rings is 1. The number of nitrogen functional groups attached to an aromatic ring is 1. The molecule has 0 atom stereocenters. The molecule has 0 saturated heterocycles. The molecule has 0 aliphatic rings. The van der Waals surface area contributed by atoms with Crippen LogP contribution < -0.4 is 5.73 Å². The highest BCUT2D eigenvalue weighted by atomic mass is 32.1. The van der Waals surface area contributed by atoms with Gasteiger partial charge in [-0.1, -0.05) is 18.2 Å². The molecule has 0 fully saturated rings. The van der Waals surface area contributed by atoms with E-state index in [-0.39, 0.29) is 0 Å². The van der Waals surface area contributed by atoms with Gasteiger partial charge in [-0.3, -0.25) is 0 Å². The first-order chi connectivity index (χ1) is 8.75. The third-order valence-electron chi connectivity index (χ3n) is 2.87. The number of aromatic nitrogens is 2. The zero-order valence-electron chi connectivity index (χ0n) is 10.00. The Bertz CT molecular complexity index is 667. The van der Waals surface area contributed by atoms with Gasteiger partial charge in [0.05, 0.1) is 11.4 Å². The fourth-order valence-electron chi connectivity index (χ4n) is 1.93. The van der Waals surface area contributed by atoms with Crippen LogP contribution in [0.3, 0.4) is 0 Å². The predicted octanol–water partition coefficient (Wildman–Crippen LogP) is 3.49. The molecule has 3 aromatic rings. The molecule has 0 aliphatic heterocycles. The Morgan fingerprint density at radius 3 is 2.61 bits per heavy atom. The van der Waals surface area contributed by atoms with Crippen molar-refractivity contribution < 1.29 is 0 Å². The van der Waals surface area contributed by atoms with E-state index in [2.05, 4.69) is 22.8 Å². The molecule has 0 amide bonds. The first kappa shape index (κ1) is 11.0. The number of hydrogen-bond donors (Lipinski definition) is 1. The Balaban J connectivity index is 2.10. The Morgan fingerprint density at radius 1 is 1.17 bits per heavy atom. The summed E-state index contributed by atoms with van der Waals surface area (Å²) in [5, 5.41) is 8.80. The van der Waals surface area contributed by atoms with Crippen LogP contribution in [0.4, 0.5) is 5.82 Å². The first-order valence-corrected chi connectivity index (χ1v) is 6.64. The van der Waals surface area contributed by atoms with E-state index >= 15 is 0 Å². The molecule has 2 N–H and O–H groups in total. The SMILES string of the molecule is Cc1cscc1-c1cc(N)n(-c2ccccc2)n1. The van der Waals surface area contributed by atoms with E-state index in [0.717, 1.165) is 16.9 Å². The highest BCUT2D eigenvalue weighted by Gasteiger charge is 2.10. The number of nitrogens with two attached hydrogens (primary N) is 1. The van der Waals surface area contributed by atoms with Crippen molar-refractivity contribution in [3.05, 3.63) is 52.7 Å². The van der Waals surface area contributed by atoms with Crippen molar-refractivity contribution in [2.24, 2.45) is 0 Å². The molecular weight excluding hydrogens is 242 g/mol. The van der Waals surface area contributed by atoms with Crippen molar-refractivity contribution >= 4 is 17.2 Å². The Morgan fingerprint density at radius 2 is 1.94 bits per heavy atom. The van der Waals surface area contributed by atoms with Crippen LogP contribution in [-0.2, 0) is 0 Å². The number of aryl methyl sites for hydroxylation is 1. The van der Waals surface area contributed by atoms with Gasteiger partial charge in [-0.25, -0.2) is 4.68 Å². The molecule has 0 bridgehead atoms. The van der Waals surface area contributed by atoms with Gasteiger partial charge in [-0.2, -0.15) is 16.4 Å². The van der Waals surface area contributed by atoms with Crippen molar-refractivity contribution in [3.8, 4) is 16.9 Å². The summed E-state index contributed by atoms with van der Waals surface area (Å²) in [6.07, 6.45) is 0. The van der Waals surface area contributed by atoms with E-state index in [1.54, 1.807) is 16.0 Å². The lowest BCUT2D eigenvalue weighted by atomic mass is 10.1. The Kier molecular flexibility index (Phi) is 2.64. The summed E-state index contributed by atoms with van der Waals surface area (Å²) in [7, 11) is 0. The number of nitrogens with zero attached hydrogens (tertiary/aromatic N) is 2. The summed E-state index contributed by atoms with van der Waals surface area (Å²) in [4.78, 5) is 0. The maximum atomic E-state index is 6.03.